The van der Waals surface area contributed by atoms with Crippen molar-refractivity contribution in [3.05, 3.63) is 41.9 Å². The number of hydrogen-bond donors (Lipinski definition) is 2. The summed E-state index contributed by atoms with van der Waals surface area (Å²) in [6.45, 7) is 7.49. The van der Waals surface area contributed by atoms with Gasteiger partial charge in [-0.25, -0.2) is 9.59 Å². The van der Waals surface area contributed by atoms with Crippen LogP contribution < -0.4 is 5.32 Å². The molecule has 0 radical (unpaired) electrons. The van der Waals surface area contributed by atoms with Crippen molar-refractivity contribution >= 4 is 12.1 Å². The fraction of sp³-hybridized carbons (Fsp3) is 0.389. The minimum absolute atomic E-state index is 0.119. The molecule has 0 spiro atoms. The highest BCUT2D eigenvalue weighted by Crippen LogP contribution is 2.22. The lowest BCUT2D eigenvalue weighted by Gasteiger charge is -2.19. The van der Waals surface area contributed by atoms with Gasteiger partial charge in [-0.05, 0) is 45.9 Å². The molecule has 2 N–H and O–H groups in total. The van der Waals surface area contributed by atoms with Gasteiger partial charge in [0.05, 0.1) is 18.7 Å². The fourth-order valence-electron chi connectivity index (χ4n) is 2.19. The van der Waals surface area contributed by atoms with E-state index in [1.165, 1.54) is 0 Å². The van der Waals surface area contributed by atoms with E-state index in [1.807, 2.05) is 12.1 Å². The highest BCUT2D eigenvalue weighted by molar-refractivity contribution is 5.92. The van der Waals surface area contributed by atoms with E-state index >= 15 is 0 Å². The van der Waals surface area contributed by atoms with Crippen LogP contribution in [0.2, 0.25) is 0 Å². The number of nitrogens with one attached hydrogen (secondary N) is 2. The van der Waals surface area contributed by atoms with Gasteiger partial charge in [-0.2, -0.15) is 0 Å². The normalized spacial score (nSPS) is 11.0. The number of H-pyrrole nitrogens is 1. The van der Waals surface area contributed by atoms with E-state index in [4.69, 9.17) is 9.47 Å². The Hall–Kier alpha value is -2.83. The molecule has 0 saturated carbocycles. The van der Waals surface area contributed by atoms with E-state index in [-0.39, 0.29) is 13.2 Å². The maximum Gasteiger partial charge on any atom is 0.407 e. The molecule has 0 aromatic carbocycles. The third kappa shape index (κ3) is 5.34. The number of aromatic nitrogens is 2. The highest BCUT2D eigenvalue weighted by atomic mass is 16.6. The van der Waals surface area contributed by atoms with Gasteiger partial charge >= 0.3 is 12.1 Å². The molecule has 2 heterocycles. The predicted octanol–water partition coefficient (Wildman–Crippen LogP) is 3.28. The monoisotopic (exact) mass is 345 g/mol. The summed E-state index contributed by atoms with van der Waals surface area (Å²) in [4.78, 5) is 31.2. The van der Waals surface area contributed by atoms with Gasteiger partial charge in [0.1, 0.15) is 5.60 Å². The van der Waals surface area contributed by atoms with Crippen molar-refractivity contribution in [2.45, 2.75) is 39.8 Å². The smallest absolute Gasteiger partial charge is 0.407 e. The molecule has 25 heavy (non-hydrogen) atoms. The quantitative estimate of drug-likeness (QED) is 0.811. The summed E-state index contributed by atoms with van der Waals surface area (Å²) >= 11 is 0. The van der Waals surface area contributed by atoms with E-state index in [1.54, 1.807) is 46.2 Å². The van der Waals surface area contributed by atoms with Crippen molar-refractivity contribution in [3.63, 3.8) is 0 Å². The Morgan fingerprint density at radius 3 is 2.52 bits per heavy atom. The van der Waals surface area contributed by atoms with Gasteiger partial charge in [0.15, 0.2) is 0 Å². The lowest BCUT2D eigenvalue weighted by atomic mass is 10.2. The number of amides is 1. The summed E-state index contributed by atoms with van der Waals surface area (Å²) in [5, 5.41) is 2.65. The minimum atomic E-state index is -0.591. The Morgan fingerprint density at radius 1 is 1.24 bits per heavy atom. The second-order valence-electron chi connectivity index (χ2n) is 6.39. The van der Waals surface area contributed by atoms with Crippen LogP contribution in [0.4, 0.5) is 4.79 Å². The summed E-state index contributed by atoms with van der Waals surface area (Å²) in [6, 6.07) is 5.36. The Balaban J connectivity index is 2.21. The average molecular weight is 345 g/mol. The third-order valence-corrected chi connectivity index (χ3v) is 3.19. The zero-order valence-corrected chi connectivity index (χ0v) is 14.9. The zero-order chi connectivity index (χ0) is 18.4. The first-order valence-electron chi connectivity index (χ1n) is 8.06. The minimum Gasteiger partial charge on any atom is -0.462 e. The second kappa shape index (κ2) is 7.83. The number of carbonyl (C=O) groups excluding carboxylic acids is 2. The Morgan fingerprint density at radius 2 is 1.92 bits per heavy atom. The summed E-state index contributed by atoms with van der Waals surface area (Å²) < 4.78 is 10.3. The summed E-state index contributed by atoms with van der Waals surface area (Å²) in [6.07, 6.45) is 2.78. The van der Waals surface area contributed by atoms with Crippen molar-refractivity contribution in [3.8, 4) is 11.3 Å². The molecule has 0 saturated heterocycles. The first-order valence-corrected chi connectivity index (χ1v) is 8.06. The molecular weight excluding hydrogens is 322 g/mol. The largest absolute Gasteiger partial charge is 0.462 e. The molecule has 0 aliphatic carbocycles. The molecule has 0 aliphatic heterocycles. The first kappa shape index (κ1) is 18.5. The van der Waals surface area contributed by atoms with Gasteiger partial charge in [0.25, 0.3) is 0 Å². The molecule has 7 nitrogen and oxygen atoms in total. The average Bonchev–Trinajstić information content (AvgIpc) is 2.97. The van der Waals surface area contributed by atoms with Crippen LogP contribution in [-0.4, -0.2) is 34.2 Å². The van der Waals surface area contributed by atoms with Crippen LogP contribution in [0.3, 0.4) is 0 Å². The number of pyridine rings is 1. The van der Waals surface area contributed by atoms with Crippen molar-refractivity contribution in [1.82, 2.24) is 15.3 Å². The maximum atomic E-state index is 12.2. The topological polar surface area (TPSA) is 93.3 Å². The molecule has 1 amide bonds. The van der Waals surface area contributed by atoms with E-state index in [2.05, 4.69) is 15.3 Å². The molecule has 134 valence electrons. The molecule has 0 aliphatic rings. The van der Waals surface area contributed by atoms with Crippen LogP contribution in [-0.2, 0) is 16.0 Å². The molecule has 7 heteroatoms. The standard InChI is InChI=1S/C18H23N3O4/c1-5-24-16(22)13-10-14(12-6-8-19-9-7-12)21-15(13)11-20-17(23)25-18(2,3)4/h6-10,21H,5,11H2,1-4H3,(H,20,23). The maximum absolute atomic E-state index is 12.2. The number of aromatic amines is 1. The number of rotatable bonds is 5. The van der Waals surface area contributed by atoms with Gasteiger partial charge in [-0.1, -0.05) is 0 Å². The molecule has 0 fully saturated rings. The summed E-state index contributed by atoms with van der Waals surface area (Å²) in [5.74, 6) is -0.444. The molecule has 0 unspecified atom stereocenters. The van der Waals surface area contributed by atoms with Crippen LogP contribution in [0.5, 0.6) is 0 Å². The lowest BCUT2D eigenvalue weighted by molar-refractivity contribution is 0.0502. The summed E-state index contributed by atoms with van der Waals surface area (Å²) in [7, 11) is 0. The molecule has 2 rings (SSSR count). The third-order valence-electron chi connectivity index (χ3n) is 3.19. The van der Waals surface area contributed by atoms with E-state index in [0.717, 1.165) is 11.3 Å². The van der Waals surface area contributed by atoms with Crippen LogP contribution in [0, 0.1) is 0 Å². The van der Waals surface area contributed by atoms with Crippen LogP contribution in [0.15, 0.2) is 30.6 Å². The number of hydrogen-bond acceptors (Lipinski definition) is 5. The van der Waals surface area contributed by atoms with Gasteiger partial charge in [-0.15, -0.1) is 0 Å². The number of esters is 1. The van der Waals surface area contributed by atoms with E-state index < -0.39 is 17.7 Å². The Labute approximate surface area is 146 Å². The molecule has 2 aromatic heterocycles. The molecular formula is C18H23N3O4. The molecule has 2 aromatic rings. The molecule has 0 atom stereocenters. The number of alkyl carbamates (subject to hydrolysis) is 1. The van der Waals surface area contributed by atoms with Gasteiger partial charge in [-0.3, -0.25) is 4.98 Å². The van der Waals surface area contributed by atoms with E-state index in [0.29, 0.717) is 11.3 Å². The second-order valence-corrected chi connectivity index (χ2v) is 6.39. The zero-order valence-electron chi connectivity index (χ0n) is 14.9. The predicted molar refractivity (Wildman–Crippen MR) is 93.1 cm³/mol. The summed E-state index contributed by atoms with van der Waals surface area (Å²) in [5.41, 5.74) is 1.96. The van der Waals surface area contributed by atoms with E-state index in [9.17, 15) is 9.59 Å². The highest BCUT2D eigenvalue weighted by Gasteiger charge is 2.20. The van der Waals surface area contributed by atoms with Crippen LogP contribution in [0.25, 0.3) is 11.3 Å². The van der Waals surface area contributed by atoms with Gasteiger partial charge < -0.3 is 19.8 Å². The van der Waals surface area contributed by atoms with Gasteiger partial charge in [0.2, 0.25) is 0 Å². The van der Waals surface area contributed by atoms with Crippen molar-refractivity contribution < 1.29 is 19.1 Å². The fourth-order valence-corrected chi connectivity index (χ4v) is 2.19. The van der Waals surface area contributed by atoms with Crippen LogP contribution in [0.1, 0.15) is 43.7 Å². The van der Waals surface area contributed by atoms with Crippen molar-refractivity contribution in [2.24, 2.45) is 0 Å². The Kier molecular flexibility index (Phi) is 5.80. The SMILES string of the molecule is CCOC(=O)c1cc(-c2ccncc2)[nH]c1CNC(=O)OC(C)(C)C. The van der Waals surface area contributed by atoms with Crippen molar-refractivity contribution in [1.29, 1.82) is 0 Å². The number of ether oxygens (including phenoxy) is 2. The lowest BCUT2D eigenvalue weighted by Crippen LogP contribution is -2.32. The van der Waals surface area contributed by atoms with Crippen LogP contribution >= 0.6 is 0 Å². The number of carbonyl (C=O) groups is 2. The molecule has 0 bridgehead atoms. The first-order chi connectivity index (χ1) is 11.8. The number of nitrogens with zero attached hydrogens (tertiary/aromatic N) is 1. The Bertz CT molecular complexity index is 733. The van der Waals surface area contributed by atoms with Gasteiger partial charge in [0, 0.05) is 29.3 Å². The van der Waals surface area contributed by atoms with Crippen molar-refractivity contribution in [2.75, 3.05) is 6.61 Å².